The molecule has 1 aliphatic rings. The zero-order valence-electron chi connectivity index (χ0n) is 6.20. The van der Waals surface area contributed by atoms with E-state index in [9.17, 15) is 0 Å². The van der Waals surface area contributed by atoms with Crippen LogP contribution in [-0.4, -0.2) is 11.7 Å². The van der Waals surface area contributed by atoms with E-state index < -0.39 is 0 Å². The normalized spacial score (nSPS) is 28.5. The number of nitrogens with two attached hydrogens (primary N) is 1. The molecule has 1 heterocycles. The van der Waals surface area contributed by atoms with Crippen molar-refractivity contribution in [2.45, 2.75) is 6.17 Å². The highest BCUT2D eigenvalue weighted by atomic mass is 15.8. The Morgan fingerprint density at radius 3 is 2.64 bits per heavy atom. The van der Waals surface area contributed by atoms with Crippen LogP contribution >= 0.6 is 0 Å². The van der Waals surface area contributed by atoms with Gasteiger partial charge in [0.05, 0.1) is 6.67 Å². The van der Waals surface area contributed by atoms with Gasteiger partial charge < -0.3 is 5.73 Å². The molecule has 3 N–H and O–H groups in total. The van der Waals surface area contributed by atoms with Crippen LogP contribution in [0.15, 0.2) is 30.3 Å². The summed E-state index contributed by atoms with van der Waals surface area (Å²) < 4.78 is 0. The Balaban J connectivity index is 2.09. The average molecular weight is 149 g/mol. The zero-order valence-corrected chi connectivity index (χ0v) is 6.20. The summed E-state index contributed by atoms with van der Waals surface area (Å²) in [6.45, 7) is 0.569. The van der Waals surface area contributed by atoms with Crippen molar-refractivity contribution in [3.63, 3.8) is 0 Å². The van der Waals surface area contributed by atoms with E-state index in [4.69, 9.17) is 5.73 Å². The van der Waals surface area contributed by atoms with Gasteiger partial charge in [-0.2, -0.15) is 0 Å². The minimum absolute atomic E-state index is 0.348. The SMILES string of the molecule is NC[N@@]1NC1c1ccccc1. The molecular formula is C8H11N3. The number of nitrogens with one attached hydrogen (secondary N) is 1. The molecule has 1 aliphatic heterocycles. The Morgan fingerprint density at radius 2 is 2.09 bits per heavy atom. The van der Waals surface area contributed by atoms with Crippen LogP contribution in [0.3, 0.4) is 0 Å². The summed E-state index contributed by atoms with van der Waals surface area (Å²) in [7, 11) is 0. The van der Waals surface area contributed by atoms with Crippen molar-refractivity contribution in [3.8, 4) is 0 Å². The number of benzene rings is 1. The second kappa shape index (κ2) is 2.62. The largest absolute Gasteiger partial charge is 0.317 e. The topological polar surface area (TPSA) is 51.0 Å². The van der Waals surface area contributed by atoms with Gasteiger partial charge in [0.1, 0.15) is 6.17 Å². The molecule has 2 atom stereocenters. The molecule has 11 heavy (non-hydrogen) atoms. The number of hydrogen-bond donors (Lipinski definition) is 2. The highest BCUT2D eigenvalue weighted by Crippen LogP contribution is 2.25. The lowest BCUT2D eigenvalue weighted by molar-refractivity contribution is 0.500. The maximum Gasteiger partial charge on any atom is 0.113 e. The molecule has 1 aromatic carbocycles. The summed E-state index contributed by atoms with van der Waals surface area (Å²) in [5.74, 6) is 0. The lowest BCUT2D eigenvalue weighted by atomic mass is 10.2. The number of hydrogen-bond acceptors (Lipinski definition) is 3. The van der Waals surface area contributed by atoms with E-state index >= 15 is 0 Å². The third-order valence-corrected chi connectivity index (χ3v) is 1.84. The summed E-state index contributed by atoms with van der Waals surface area (Å²) in [5.41, 5.74) is 9.84. The molecule has 0 radical (unpaired) electrons. The second-order valence-corrected chi connectivity index (χ2v) is 2.59. The van der Waals surface area contributed by atoms with Crippen LogP contribution in [0.4, 0.5) is 0 Å². The molecule has 3 nitrogen and oxygen atoms in total. The van der Waals surface area contributed by atoms with Crippen LogP contribution in [-0.2, 0) is 0 Å². The van der Waals surface area contributed by atoms with Crippen molar-refractivity contribution >= 4 is 0 Å². The van der Waals surface area contributed by atoms with E-state index in [0.717, 1.165) is 0 Å². The number of nitrogens with zero attached hydrogens (tertiary/aromatic N) is 1. The van der Waals surface area contributed by atoms with Gasteiger partial charge in [-0.05, 0) is 5.56 Å². The van der Waals surface area contributed by atoms with Crippen LogP contribution in [0.1, 0.15) is 11.7 Å². The van der Waals surface area contributed by atoms with Gasteiger partial charge in [-0.1, -0.05) is 30.3 Å². The lowest BCUT2D eigenvalue weighted by Crippen LogP contribution is -2.12. The first-order valence-electron chi connectivity index (χ1n) is 3.69. The summed E-state index contributed by atoms with van der Waals surface area (Å²) in [6.07, 6.45) is 0.348. The molecule has 0 aromatic heterocycles. The van der Waals surface area contributed by atoms with Gasteiger partial charge in [-0.15, -0.1) is 0 Å². The molecule has 2 rings (SSSR count). The minimum Gasteiger partial charge on any atom is -0.317 e. The molecule has 0 saturated carbocycles. The van der Waals surface area contributed by atoms with Crippen molar-refractivity contribution in [2.24, 2.45) is 5.73 Å². The Hall–Kier alpha value is -0.900. The van der Waals surface area contributed by atoms with Crippen LogP contribution in [0.2, 0.25) is 0 Å². The number of rotatable bonds is 2. The average Bonchev–Trinajstić information content (AvgIpc) is 2.85. The minimum atomic E-state index is 0.348. The molecule has 58 valence electrons. The Labute approximate surface area is 65.8 Å². The molecule has 0 aliphatic carbocycles. The fourth-order valence-corrected chi connectivity index (χ4v) is 1.17. The predicted molar refractivity (Wildman–Crippen MR) is 43.2 cm³/mol. The maximum atomic E-state index is 5.42. The van der Waals surface area contributed by atoms with E-state index in [0.29, 0.717) is 12.8 Å². The summed E-state index contributed by atoms with van der Waals surface area (Å²) in [6, 6.07) is 10.3. The van der Waals surface area contributed by atoms with Crippen LogP contribution in [0.25, 0.3) is 0 Å². The maximum absolute atomic E-state index is 5.42. The van der Waals surface area contributed by atoms with Crippen LogP contribution < -0.4 is 11.2 Å². The van der Waals surface area contributed by atoms with Gasteiger partial charge in [-0.3, -0.25) is 0 Å². The highest BCUT2D eigenvalue weighted by molar-refractivity contribution is 5.20. The number of hydrazine groups is 1. The summed E-state index contributed by atoms with van der Waals surface area (Å²) >= 11 is 0. The van der Waals surface area contributed by atoms with Crippen LogP contribution in [0, 0.1) is 0 Å². The first kappa shape index (κ1) is 6.79. The molecule has 0 bridgehead atoms. The van der Waals surface area contributed by atoms with Crippen molar-refractivity contribution in [3.05, 3.63) is 35.9 Å². The lowest BCUT2D eigenvalue weighted by Gasteiger charge is -1.95. The zero-order chi connectivity index (χ0) is 7.68. The first-order valence-corrected chi connectivity index (χ1v) is 3.69. The first-order chi connectivity index (χ1) is 5.42. The molecule has 0 amide bonds. The molecule has 1 saturated heterocycles. The quantitative estimate of drug-likeness (QED) is 0.599. The fourth-order valence-electron chi connectivity index (χ4n) is 1.17. The third kappa shape index (κ3) is 1.26. The molecule has 1 unspecified atom stereocenters. The summed E-state index contributed by atoms with van der Waals surface area (Å²) in [4.78, 5) is 0. The van der Waals surface area contributed by atoms with E-state index in [2.05, 4.69) is 17.6 Å². The van der Waals surface area contributed by atoms with E-state index in [1.165, 1.54) is 5.56 Å². The van der Waals surface area contributed by atoms with Gasteiger partial charge in [0.15, 0.2) is 0 Å². The van der Waals surface area contributed by atoms with Gasteiger partial charge in [-0.25, -0.2) is 10.4 Å². The van der Waals surface area contributed by atoms with Crippen molar-refractivity contribution < 1.29 is 0 Å². The van der Waals surface area contributed by atoms with Gasteiger partial charge in [0.2, 0.25) is 0 Å². The second-order valence-electron chi connectivity index (χ2n) is 2.59. The van der Waals surface area contributed by atoms with Gasteiger partial charge >= 0.3 is 0 Å². The smallest absolute Gasteiger partial charge is 0.113 e. The van der Waals surface area contributed by atoms with Gasteiger partial charge in [0.25, 0.3) is 0 Å². The highest BCUT2D eigenvalue weighted by Gasteiger charge is 2.32. The van der Waals surface area contributed by atoms with E-state index in [1.54, 1.807) is 0 Å². The fraction of sp³-hybridized carbons (Fsp3) is 0.250. The Bertz CT molecular complexity index is 234. The van der Waals surface area contributed by atoms with Crippen molar-refractivity contribution in [1.29, 1.82) is 0 Å². The van der Waals surface area contributed by atoms with Gasteiger partial charge in [0, 0.05) is 0 Å². The monoisotopic (exact) mass is 149 g/mol. The molecule has 1 fully saturated rings. The Morgan fingerprint density at radius 1 is 1.36 bits per heavy atom. The van der Waals surface area contributed by atoms with Crippen molar-refractivity contribution in [2.75, 3.05) is 6.67 Å². The molecular weight excluding hydrogens is 138 g/mol. The predicted octanol–water partition coefficient (Wildman–Crippen LogP) is 0.422. The van der Waals surface area contributed by atoms with E-state index in [-0.39, 0.29) is 0 Å². The molecule has 1 aromatic rings. The third-order valence-electron chi connectivity index (χ3n) is 1.84. The molecule has 3 heteroatoms. The van der Waals surface area contributed by atoms with Crippen LogP contribution in [0.5, 0.6) is 0 Å². The standard InChI is InChI=1S/C8H11N3/c9-6-11-8(10-11)7-4-2-1-3-5-7/h1-5,8,10H,6,9H2/t8?,11-/m1/s1. The Kier molecular flexibility index (Phi) is 1.62. The van der Waals surface area contributed by atoms with Crippen molar-refractivity contribution in [1.82, 2.24) is 10.4 Å². The molecule has 0 spiro atoms. The summed E-state index contributed by atoms with van der Waals surface area (Å²) in [5, 5.41) is 1.98. The van der Waals surface area contributed by atoms with E-state index in [1.807, 2.05) is 23.2 Å².